The number of nitrogens with zero attached hydrogens (tertiary/aromatic N) is 1. The molecule has 3 aromatic rings. The van der Waals surface area contributed by atoms with E-state index < -0.39 is 11.7 Å². The number of primary amides is 1. The van der Waals surface area contributed by atoms with Crippen molar-refractivity contribution < 1.29 is 18.3 Å². The second-order valence-electron chi connectivity index (χ2n) is 4.80. The first-order chi connectivity index (χ1) is 11.1. The lowest BCUT2D eigenvalue weighted by molar-refractivity contribution is 0.0996. The van der Waals surface area contributed by atoms with E-state index in [2.05, 4.69) is 4.99 Å². The van der Waals surface area contributed by atoms with Gasteiger partial charge < -0.3 is 14.9 Å². The van der Waals surface area contributed by atoms with Crippen molar-refractivity contribution in [2.45, 2.75) is 0 Å². The number of hydrogen-bond donors (Lipinski definition) is 1. The molecule has 0 bridgehead atoms. The van der Waals surface area contributed by atoms with Gasteiger partial charge in [0.25, 0.3) is 5.91 Å². The minimum Gasteiger partial charge on any atom is -0.497 e. The Balaban J connectivity index is 2.31. The number of halogens is 1. The molecule has 2 aromatic carbocycles. The summed E-state index contributed by atoms with van der Waals surface area (Å²) in [6.07, 6.45) is 0. The first-order valence-corrected chi connectivity index (χ1v) is 6.79. The minimum atomic E-state index is -0.707. The van der Waals surface area contributed by atoms with Gasteiger partial charge in [-0.05, 0) is 30.3 Å². The highest BCUT2D eigenvalue weighted by Crippen LogP contribution is 2.21. The molecule has 2 N–H and O–H groups in total. The number of hydrogen-bond acceptors (Lipinski definition) is 4. The molecule has 0 atom stereocenters. The zero-order chi connectivity index (χ0) is 16.4. The van der Waals surface area contributed by atoms with Crippen LogP contribution in [0.4, 0.5) is 10.1 Å². The quantitative estimate of drug-likeness (QED) is 0.807. The Labute approximate surface area is 130 Å². The highest BCUT2D eigenvalue weighted by atomic mass is 19.1. The van der Waals surface area contributed by atoms with Gasteiger partial charge in [0.15, 0.2) is 0 Å². The van der Waals surface area contributed by atoms with Gasteiger partial charge in [-0.3, -0.25) is 4.79 Å². The third kappa shape index (κ3) is 2.91. The maximum atomic E-state index is 13.8. The highest BCUT2D eigenvalue weighted by molar-refractivity contribution is 5.95. The predicted molar refractivity (Wildman–Crippen MR) is 82.9 cm³/mol. The molecule has 0 saturated heterocycles. The molecule has 5 nitrogen and oxygen atoms in total. The third-order valence-electron chi connectivity index (χ3n) is 3.30. The van der Waals surface area contributed by atoms with Crippen molar-refractivity contribution in [3.05, 3.63) is 65.5 Å². The number of amides is 1. The maximum Gasteiger partial charge on any atom is 0.254 e. The first kappa shape index (κ1) is 14.8. The Morgan fingerprint density at radius 2 is 2.00 bits per heavy atom. The van der Waals surface area contributed by atoms with Crippen LogP contribution in [0.15, 0.2) is 57.9 Å². The SMILES string of the molecule is COc1ccc2cc(C(N)=O)c(=Nc3ccccc3F)oc2c1. The van der Waals surface area contributed by atoms with E-state index in [1.807, 2.05) is 0 Å². The summed E-state index contributed by atoms with van der Waals surface area (Å²) >= 11 is 0. The largest absolute Gasteiger partial charge is 0.497 e. The summed E-state index contributed by atoms with van der Waals surface area (Å²) in [4.78, 5) is 15.7. The normalized spacial score (nSPS) is 11.7. The van der Waals surface area contributed by atoms with Crippen molar-refractivity contribution in [3.8, 4) is 5.75 Å². The van der Waals surface area contributed by atoms with E-state index in [-0.39, 0.29) is 16.8 Å². The predicted octanol–water partition coefficient (Wildman–Crippen LogP) is 2.91. The zero-order valence-corrected chi connectivity index (χ0v) is 12.2. The van der Waals surface area contributed by atoms with E-state index in [9.17, 15) is 9.18 Å². The Bertz CT molecular complexity index is 963. The van der Waals surface area contributed by atoms with E-state index in [0.29, 0.717) is 16.7 Å². The first-order valence-electron chi connectivity index (χ1n) is 6.79. The summed E-state index contributed by atoms with van der Waals surface area (Å²) < 4.78 is 24.5. The lowest BCUT2D eigenvalue weighted by atomic mass is 10.1. The second-order valence-corrected chi connectivity index (χ2v) is 4.80. The van der Waals surface area contributed by atoms with Crippen LogP contribution in [0.2, 0.25) is 0 Å². The molecule has 0 spiro atoms. The molecule has 0 aliphatic carbocycles. The highest BCUT2D eigenvalue weighted by Gasteiger charge is 2.11. The Morgan fingerprint density at radius 1 is 1.22 bits per heavy atom. The van der Waals surface area contributed by atoms with Crippen molar-refractivity contribution in [1.82, 2.24) is 0 Å². The van der Waals surface area contributed by atoms with E-state index >= 15 is 0 Å². The van der Waals surface area contributed by atoms with Gasteiger partial charge in [0.2, 0.25) is 5.55 Å². The maximum absolute atomic E-state index is 13.8. The van der Waals surface area contributed by atoms with Crippen molar-refractivity contribution in [1.29, 1.82) is 0 Å². The minimum absolute atomic E-state index is 0.0525. The summed E-state index contributed by atoms with van der Waals surface area (Å²) in [5.74, 6) is -0.643. The van der Waals surface area contributed by atoms with Gasteiger partial charge in [-0.15, -0.1) is 0 Å². The zero-order valence-electron chi connectivity index (χ0n) is 12.2. The van der Waals surface area contributed by atoms with Crippen molar-refractivity contribution >= 4 is 22.6 Å². The topological polar surface area (TPSA) is 77.8 Å². The summed E-state index contributed by atoms with van der Waals surface area (Å²) in [6.45, 7) is 0. The molecule has 23 heavy (non-hydrogen) atoms. The summed E-state index contributed by atoms with van der Waals surface area (Å²) in [5, 5.41) is 0.659. The molecule has 1 amide bonds. The van der Waals surface area contributed by atoms with Gasteiger partial charge in [0.05, 0.1) is 7.11 Å². The molecule has 6 heteroatoms. The van der Waals surface area contributed by atoms with Gasteiger partial charge in [-0.25, -0.2) is 9.38 Å². The fourth-order valence-electron chi connectivity index (χ4n) is 2.14. The number of nitrogens with two attached hydrogens (primary N) is 1. The van der Waals surface area contributed by atoms with E-state index in [4.69, 9.17) is 14.9 Å². The van der Waals surface area contributed by atoms with Crippen LogP contribution in [0.5, 0.6) is 5.75 Å². The van der Waals surface area contributed by atoms with Crippen LogP contribution in [-0.4, -0.2) is 13.0 Å². The van der Waals surface area contributed by atoms with Gasteiger partial charge in [-0.2, -0.15) is 0 Å². The second kappa shape index (κ2) is 5.92. The van der Waals surface area contributed by atoms with Crippen LogP contribution in [0, 0.1) is 5.82 Å². The van der Waals surface area contributed by atoms with Crippen LogP contribution in [0.3, 0.4) is 0 Å². The standard InChI is InChI=1S/C17H13FN2O3/c1-22-11-7-6-10-8-12(16(19)21)17(23-15(10)9-11)20-14-5-3-2-4-13(14)18/h2-9H,1H3,(H2,19,21). The van der Waals surface area contributed by atoms with Crippen LogP contribution in [-0.2, 0) is 0 Å². The molecule has 0 radical (unpaired) electrons. The van der Waals surface area contributed by atoms with Gasteiger partial charge in [0, 0.05) is 11.5 Å². The molecule has 116 valence electrons. The molecule has 1 heterocycles. The Kier molecular flexibility index (Phi) is 3.80. The molecule has 0 aliphatic heterocycles. The number of benzene rings is 2. The van der Waals surface area contributed by atoms with Crippen LogP contribution >= 0.6 is 0 Å². The lowest BCUT2D eigenvalue weighted by Gasteiger charge is -2.04. The van der Waals surface area contributed by atoms with E-state index in [1.165, 1.54) is 19.2 Å². The lowest BCUT2D eigenvalue weighted by Crippen LogP contribution is -2.21. The molecule has 0 unspecified atom stereocenters. The van der Waals surface area contributed by atoms with Gasteiger partial charge in [-0.1, -0.05) is 12.1 Å². The molecule has 0 saturated carbocycles. The number of rotatable bonds is 3. The average Bonchev–Trinajstić information content (AvgIpc) is 2.55. The fraction of sp³-hybridized carbons (Fsp3) is 0.0588. The fourth-order valence-corrected chi connectivity index (χ4v) is 2.14. The van der Waals surface area contributed by atoms with Crippen LogP contribution < -0.4 is 16.0 Å². The number of ether oxygens (including phenoxy) is 1. The smallest absolute Gasteiger partial charge is 0.254 e. The van der Waals surface area contributed by atoms with Crippen molar-refractivity contribution in [2.75, 3.05) is 7.11 Å². The van der Waals surface area contributed by atoms with Gasteiger partial charge >= 0.3 is 0 Å². The molecule has 3 rings (SSSR count). The molecule has 0 fully saturated rings. The average molecular weight is 312 g/mol. The third-order valence-corrected chi connectivity index (χ3v) is 3.30. The molecule has 0 aliphatic rings. The monoisotopic (exact) mass is 312 g/mol. The molecular formula is C17H13FN2O3. The summed E-state index contributed by atoms with van der Waals surface area (Å²) in [7, 11) is 1.53. The number of carbonyl (C=O) groups excluding carboxylic acids is 1. The van der Waals surface area contributed by atoms with Crippen molar-refractivity contribution in [3.63, 3.8) is 0 Å². The van der Waals surface area contributed by atoms with E-state index in [1.54, 1.807) is 36.4 Å². The number of fused-ring (bicyclic) bond motifs is 1. The van der Waals surface area contributed by atoms with Gasteiger partial charge in [0.1, 0.15) is 28.4 Å². The number of methoxy groups -OCH3 is 1. The summed E-state index contributed by atoms with van der Waals surface area (Å²) in [6, 6.07) is 12.6. The molecular weight excluding hydrogens is 299 g/mol. The van der Waals surface area contributed by atoms with E-state index in [0.717, 1.165) is 0 Å². The Morgan fingerprint density at radius 3 is 2.70 bits per heavy atom. The van der Waals surface area contributed by atoms with Crippen LogP contribution in [0.25, 0.3) is 11.0 Å². The Hall–Kier alpha value is -3.15. The summed E-state index contributed by atoms with van der Waals surface area (Å²) in [5.41, 5.74) is 5.90. The van der Waals surface area contributed by atoms with Crippen LogP contribution in [0.1, 0.15) is 10.4 Å². The number of carbonyl (C=O) groups is 1. The molecule has 1 aromatic heterocycles. The van der Waals surface area contributed by atoms with Crippen molar-refractivity contribution in [2.24, 2.45) is 10.7 Å². The number of para-hydroxylation sites is 1.